The lowest BCUT2D eigenvalue weighted by molar-refractivity contribution is -0.119. The number of benzene rings is 3. The molecular formula is C26H26ClN3O7S. The Morgan fingerprint density at radius 1 is 1.00 bits per heavy atom. The molecule has 10 nitrogen and oxygen atoms in total. The zero-order valence-electron chi connectivity index (χ0n) is 21.1. The number of sulfonamides is 1. The van der Waals surface area contributed by atoms with Crippen molar-refractivity contribution in [3.05, 3.63) is 82.4 Å². The Morgan fingerprint density at radius 2 is 1.71 bits per heavy atom. The van der Waals surface area contributed by atoms with E-state index in [1.165, 1.54) is 44.7 Å². The molecule has 0 atom stereocenters. The summed E-state index contributed by atoms with van der Waals surface area (Å²) in [5.74, 6) is -0.307. The van der Waals surface area contributed by atoms with Gasteiger partial charge in [0, 0.05) is 5.02 Å². The molecule has 0 aromatic heterocycles. The molecular weight excluding hydrogens is 534 g/mol. The molecule has 12 heteroatoms. The van der Waals surface area contributed by atoms with Gasteiger partial charge >= 0.3 is 6.16 Å². The van der Waals surface area contributed by atoms with Crippen LogP contribution in [0.1, 0.15) is 16.7 Å². The number of nitrogens with zero attached hydrogens (tertiary/aromatic N) is 2. The van der Waals surface area contributed by atoms with Crippen LogP contribution in [-0.2, 0) is 19.6 Å². The summed E-state index contributed by atoms with van der Waals surface area (Å²) in [7, 11) is -1.52. The van der Waals surface area contributed by atoms with Crippen LogP contribution in [0.3, 0.4) is 0 Å². The first-order valence-electron chi connectivity index (χ1n) is 11.2. The lowest BCUT2D eigenvalue weighted by Crippen LogP contribution is -2.40. The third kappa shape index (κ3) is 7.02. The van der Waals surface area contributed by atoms with Crippen molar-refractivity contribution in [1.29, 1.82) is 0 Å². The third-order valence-corrected chi connectivity index (χ3v) is 7.28. The van der Waals surface area contributed by atoms with Gasteiger partial charge in [-0.3, -0.25) is 9.10 Å². The quantitative estimate of drug-likeness (QED) is 0.178. The number of ether oxygens (including phenoxy) is 3. The molecule has 3 aromatic rings. The average molecular weight is 560 g/mol. The second-order valence-electron chi connectivity index (χ2n) is 8.02. The van der Waals surface area contributed by atoms with E-state index in [-0.39, 0.29) is 16.4 Å². The minimum absolute atomic E-state index is 0.0371. The minimum atomic E-state index is -4.10. The van der Waals surface area contributed by atoms with Gasteiger partial charge in [-0.15, -0.1) is 0 Å². The highest BCUT2D eigenvalue weighted by atomic mass is 35.5. The van der Waals surface area contributed by atoms with Gasteiger partial charge < -0.3 is 14.2 Å². The highest BCUT2D eigenvalue weighted by Crippen LogP contribution is 2.29. The van der Waals surface area contributed by atoms with Crippen molar-refractivity contribution in [2.24, 2.45) is 5.10 Å². The second-order valence-corrected chi connectivity index (χ2v) is 10.3. The molecule has 0 saturated heterocycles. The molecule has 0 aliphatic rings. The van der Waals surface area contributed by atoms with Gasteiger partial charge in [0.05, 0.1) is 31.0 Å². The molecule has 0 aliphatic heterocycles. The van der Waals surface area contributed by atoms with Crippen molar-refractivity contribution < 1.29 is 32.2 Å². The van der Waals surface area contributed by atoms with Crippen LogP contribution in [0.4, 0.5) is 10.5 Å². The molecule has 3 rings (SSSR count). The Hall–Kier alpha value is -4.09. The van der Waals surface area contributed by atoms with Crippen LogP contribution in [-0.4, -0.2) is 47.5 Å². The molecule has 1 N–H and O–H groups in total. The number of amides is 1. The van der Waals surface area contributed by atoms with Crippen molar-refractivity contribution >= 4 is 45.6 Å². The molecule has 0 spiro atoms. The summed E-state index contributed by atoms with van der Waals surface area (Å²) in [6, 6.07) is 15.6. The van der Waals surface area contributed by atoms with E-state index in [9.17, 15) is 18.0 Å². The van der Waals surface area contributed by atoms with Crippen molar-refractivity contribution in [1.82, 2.24) is 5.43 Å². The number of halogens is 1. The van der Waals surface area contributed by atoms with Gasteiger partial charge in [0.15, 0.2) is 11.5 Å². The minimum Gasteiger partial charge on any atom is -0.493 e. The van der Waals surface area contributed by atoms with Crippen LogP contribution in [0.25, 0.3) is 0 Å². The van der Waals surface area contributed by atoms with Crippen LogP contribution in [0.2, 0.25) is 5.02 Å². The van der Waals surface area contributed by atoms with Gasteiger partial charge in [-0.25, -0.2) is 18.6 Å². The van der Waals surface area contributed by atoms with Crippen molar-refractivity contribution in [3.8, 4) is 11.5 Å². The average Bonchev–Trinajstić information content (AvgIpc) is 2.88. The Balaban J connectivity index is 1.82. The zero-order chi connectivity index (χ0) is 27.9. The fraction of sp³-hybridized carbons (Fsp3) is 0.192. The SMILES string of the molecule is COC(=O)Oc1ccc(/C=N\NC(=O)CN(c2ccc(Cl)cc2C)S(=O)(=O)c2ccc(C)cc2)cc1OC. The summed E-state index contributed by atoms with van der Waals surface area (Å²) in [5, 5.41) is 4.35. The molecule has 3 aromatic carbocycles. The lowest BCUT2D eigenvalue weighted by atomic mass is 10.2. The van der Waals surface area contributed by atoms with E-state index in [2.05, 4.69) is 15.3 Å². The first-order chi connectivity index (χ1) is 18.0. The first kappa shape index (κ1) is 28.5. The van der Waals surface area contributed by atoms with Gasteiger partial charge in [0.1, 0.15) is 6.54 Å². The number of carbonyl (C=O) groups is 2. The van der Waals surface area contributed by atoms with Crippen LogP contribution in [0.5, 0.6) is 11.5 Å². The maximum Gasteiger partial charge on any atom is 0.513 e. The van der Waals surface area contributed by atoms with Crippen molar-refractivity contribution in [3.63, 3.8) is 0 Å². The second kappa shape index (κ2) is 12.4. The smallest absolute Gasteiger partial charge is 0.493 e. The maximum absolute atomic E-state index is 13.5. The Kier molecular flexibility index (Phi) is 9.32. The van der Waals surface area contributed by atoms with Gasteiger partial charge in [0.2, 0.25) is 0 Å². The first-order valence-corrected chi connectivity index (χ1v) is 13.0. The summed E-state index contributed by atoms with van der Waals surface area (Å²) >= 11 is 6.06. The van der Waals surface area contributed by atoms with Gasteiger partial charge in [-0.05, 0) is 73.5 Å². The molecule has 0 aliphatic carbocycles. The van der Waals surface area contributed by atoms with Gasteiger partial charge in [-0.2, -0.15) is 5.10 Å². The molecule has 1 amide bonds. The predicted molar refractivity (Wildman–Crippen MR) is 144 cm³/mol. The molecule has 0 radical (unpaired) electrons. The van der Waals surface area contributed by atoms with E-state index in [4.69, 9.17) is 21.1 Å². The largest absolute Gasteiger partial charge is 0.513 e. The Bertz CT molecular complexity index is 1460. The number of anilines is 1. The molecule has 0 heterocycles. The highest BCUT2D eigenvalue weighted by molar-refractivity contribution is 7.92. The zero-order valence-corrected chi connectivity index (χ0v) is 22.7. The fourth-order valence-electron chi connectivity index (χ4n) is 3.36. The lowest BCUT2D eigenvalue weighted by Gasteiger charge is -2.25. The van der Waals surface area contributed by atoms with Gasteiger partial charge in [0.25, 0.3) is 15.9 Å². The summed E-state index contributed by atoms with van der Waals surface area (Å²) in [5.41, 5.74) is 4.63. The number of rotatable bonds is 9. The number of hydrogen-bond acceptors (Lipinski definition) is 8. The molecule has 0 bridgehead atoms. The van der Waals surface area contributed by atoms with E-state index in [0.717, 1.165) is 9.87 Å². The van der Waals surface area contributed by atoms with E-state index in [1.807, 2.05) is 6.92 Å². The van der Waals surface area contributed by atoms with Crippen molar-refractivity contribution in [2.75, 3.05) is 25.1 Å². The monoisotopic (exact) mass is 559 g/mol. The predicted octanol–water partition coefficient (Wildman–Crippen LogP) is 4.46. The molecule has 38 heavy (non-hydrogen) atoms. The van der Waals surface area contributed by atoms with E-state index in [0.29, 0.717) is 21.8 Å². The highest BCUT2D eigenvalue weighted by Gasteiger charge is 2.28. The Labute approximate surface area is 225 Å². The summed E-state index contributed by atoms with van der Waals surface area (Å²) in [4.78, 5) is 24.2. The summed E-state index contributed by atoms with van der Waals surface area (Å²) < 4.78 is 42.7. The molecule has 0 fully saturated rings. The maximum atomic E-state index is 13.5. The number of methoxy groups -OCH3 is 2. The van der Waals surface area contributed by atoms with Crippen molar-refractivity contribution in [2.45, 2.75) is 18.7 Å². The Morgan fingerprint density at radius 3 is 2.34 bits per heavy atom. The van der Waals surface area contributed by atoms with E-state index in [1.54, 1.807) is 43.3 Å². The standard InChI is InChI=1S/C26H26ClN3O7S/c1-17-5-9-21(10-6-17)38(33,34)30(22-11-8-20(27)13-18(22)2)16-25(31)29-28-15-19-7-12-23(24(14-19)35-3)37-26(32)36-4/h5-15H,16H2,1-4H3,(H,29,31)/b28-15-. The number of carbonyl (C=O) groups excluding carboxylic acids is 2. The van der Waals surface area contributed by atoms with Crippen LogP contribution < -0.4 is 19.2 Å². The topological polar surface area (TPSA) is 124 Å². The van der Waals surface area contributed by atoms with Crippen LogP contribution in [0, 0.1) is 13.8 Å². The fourth-order valence-corrected chi connectivity index (χ4v) is 5.07. The number of aryl methyl sites for hydroxylation is 2. The van der Waals surface area contributed by atoms with Gasteiger partial charge in [-0.1, -0.05) is 29.3 Å². The number of hydrogen-bond donors (Lipinski definition) is 1. The molecule has 200 valence electrons. The number of hydrazone groups is 1. The third-order valence-electron chi connectivity index (χ3n) is 5.27. The van der Waals surface area contributed by atoms with Crippen LogP contribution in [0.15, 0.2) is 70.7 Å². The summed E-state index contributed by atoms with van der Waals surface area (Å²) in [6.45, 7) is 3.01. The normalized spacial score (nSPS) is 11.2. The summed E-state index contributed by atoms with van der Waals surface area (Å²) in [6.07, 6.45) is 0.423. The molecule has 0 unspecified atom stereocenters. The number of nitrogens with one attached hydrogen (secondary N) is 1. The van der Waals surface area contributed by atoms with E-state index < -0.39 is 28.6 Å². The van der Waals surface area contributed by atoms with Crippen LogP contribution >= 0.6 is 11.6 Å². The molecule has 0 saturated carbocycles. The van der Waals surface area contributed by atoms with E-state index >= 15 is 0 Å².